The molecule has 0 aromatic heterocycles. The van der Waals surface area contributed by atoms with Crippen LogP contribution in [0.15, 0.2) is 22.7 Å². The van der Waals surface area contributed by atoms with E-state index in [-0.39, 0.29) is 0 Å². The second kappa shape index (κ2) is 6.69. The lowest BCUT2D eigenvalue weighted by molar-refractivity contribution is 0.0607. The smallest absolute Gasteiger partial charge is 0.0468 e. The highest BCUT2D eigenvalue weighted by Crippen LogP contribution is 2.32. The average molecular weight is 312 g/mol. The van der Waals surface area contributed by atoms with Crippen LogP contribution in [0.25, 0.3) is 0 Å². The largest absolute Gasteiger partial charge is 0.381 e. The van der Waals surface area contributed by atoms with Gasteiger partial charge in [-0.2, -0.15) is 0 Å². The van der Waals surface area contributed by atoms with E-state index in [1.54, 1.807) is 0 Å². The summed E-state index contributed by atoms with van der Waals surface area (Å²) in [6, 6.07) is 6.94. The van der Waals surface area contributed by atoms with Crippen molar-refractivity contribution in [1.29, 1.82) is 0 Å². The molecule has 1 saturated heterocycles. The van der Waals surface area contributed by atoms with Crippen LogP contribution in [0.2, 0.25) is 0 Å². The Kier molecular flexibility index (Phi) is 5.22. The molecule has 1 aromatic carbocycles. The fraction of sp³-hybridized carbons (Fsp3) is 0.600. The van der Waals surface area contributed by atoms with Crippen molar-refractivity contribution in [2.24, 2.45) is 5.92 Å². The van der Waals surface area contributed by atoms with Crippen molar-refractivity contribution in [2.45, 2.75) is 32.2 Å². The minimum Gasteiger partial charge on any atom is -0.381 e. The Balaban J connectivity index is 2.09. The first kappa shape index (κ1) is 14.0. The second-order valence-corrected chi connectivity index (χ2v) is 5.90. The molecule has 0 bridgehead atoms. The molecule has 2 nitrogen and oxygen atoms in total. The van der Waals surface area contributed by atoms with Gasteiger partial charge in [0, 0.05) is 23.7 Å². The van der Waals surface area contributed by atoms with Gasteiger partial charge in [0.05, 0.1) is 0 Å². The Bertz CT molecular complexity index is 388. The molecule has 1 N–H and O–H groups in total. The molecule has 0 amide bonds. The maximum Gasteiger partial charge on any atom is 0.0468 e. The molecule has 100 valence electrons. The fourth-order valence-electron chi connectivity index (χ4n) is 2.65. The van der Waals surface area contributed by atoms with E-state index in [4.69, 9.17) is 4.74 Å². The van der Waals surface area contributed by atoms with Crippen molar-refractivity contribution in [3.63, 3.8) is 0 Å². The van der Waals surface area contributed by atoms with Gasteiger partial charge in [-0.05, 0) is 50.3 Å². The highest BCUT2D eigenvalue weighted by Gasteiger charge is 2.21. The van der Waals surface area contributed by atoms with Crippen LogP contribution in [-0.2, 0) is 4.74 Å². The van der Waals surface area contributed by atoms with Gasteiger partial charge in [0.25, 0.3) is 0 Å². The molecular formula is C15H22BrNO. The van der Waals surface area contributed by atoms with Gasteiger partial charge >= 0.3 is 0 Å². The van der Waals surface area contributed by atoms with Crippen LogP contribution in [0.5, 0.6) is 0 Å². The molecular weight excluding hydrogens is 290 g/mol. The third kappa shape index (κ3) is 3.34. The Labute approximate surface area is 118 Å². The van der Waals surface area contributed by atoms with Crippen molar-refractivity contribution in [3.05, 3.63) is 33.8 Å². The predicted molar refractivity (Wildman–Crippen MR) is 78.8 cm³/mol. The second-order valence-electron chi connectivity index (χ2n) is 5.11. The van der Waals surface area contributed by atoms with Gasteiger partial charge in [0.15, 0.2) is 0 Å². The van der Waals surface area contributed by atoms with Crippen molar-refractivity contribution in [3.8, 4) is 0 Å². The van der Waals surface area contributed by atoms with Gasteiger partial charge in [-0.15, -0.1) is 0 Å². The monoisotopic (exact) mass is 311 g/mol. The standard InChI is InChI=1S/C15H22BrNO/c1-11-4-3-5-13(15(11)16)14(17-2)10-12-6-8-18-9-7-12/h3-5,12,14,17H,6-10H2,1-2H3. The summed E-state index contributed by atoms with van der Waals surface area (Å²) in [4.78, 5) is 0. The zero-order valence-corrected chi connectivity index (χ0v) is 12.8. The van der Waals surface area contributed by atoms with E-state index in [1.165, 1.54) is 34.9 Å². The normalized spacial score (nSPS) is 18.8. The molecule has 1 unspecified atom stereocenters. The number of hydrogen-bond donors (Lipinski definition) is 1. The van der Waals surface area contributed by atoms with Crippen LogP contribution in [-0.4, -0.2) is 20.3 Å². The minimum absolute atomic E-state index is 0.433. The number of nitrogens with one attached hydrogen (secondary N) is 1. The van der Waals surface area contributed by atoms with Crippen LogP contribution in [0, 0.1) is 12.8 Å². The van der Waals surface area contributed by atoms with E-state index in [2.05, 4.69) is 53.4 Å². The molecule has 0 spiro atoms. The topological polar surface area (TPSA) is 21.3 Å². The lowest BCUT2D eigenvalue weighted by Gasteiger charge is -2.27. The molecule has 3 heteroatoms. The van der Waals surface area contributed by atoms with Gasteiger partial charge in [-0.3, -0.25) is 0 Å². The summed E-state index contributed by atoms with van der Waals surface area (Å²) < 4.78 is 6.68. The third-order valence-corrected chi connectivity index (χ3v) is 4.94. The van der Waals surface area contributed by atoms with E-state index < -0.39 is 0 Å². The molecule has 1 fully saturated rings. The predicted octanol–water partition coefficient (Wildman–Crippen LogP) is 3.83. The van der Waals surface area contributed by atoms with Crippen LogP contribution in [0.4, 0.5) is 0 Å². The molecule has 1 aromatic rings. The first-order valence-electron chi connectivity index (χ1n) is 6.72. The summed E-state index contributed by atoms with van der Waals surface area (Å²) in [6.45, 7) is 4.00. The van der Waals surface area contributed by atoms with E-state index in [1.807, 2.05) is 0 Å². The number of ether oxygens (including phenoxy) is 1. The molecule has 2 rings (SSSR count). The first-order valence-corrected chi connectivity index (χ1v) is 7.51. The average Bonchev–Trinajstić information content (AvgIpc) is 2.41. The molecule has 0 saturated carbocycles. The van der Waals surface area contributed by atoms with E-state index in [0.29, 0.717) is 6.04 Å². The van der Waals surface area contributed by atoms with E-state index >= 15 is 0 Å². The number of halogens is 1. The van der Waals surface area contributed by atoms with Gasteiger partial charge in [0.1, 0.15) is 0 Å². The van der Waals surface area contributed by atoms with Gasteiger partial charge in [-0.1, -0.05) is 34.1 Å². The van der Waals surface area contributed by atoms with Crippen molar-refractivity contribution in [1.82, 2.24) is 5.32 Å². The number of rotatable bonds is 4. The van der Waals surface area contributed by atoms with Crippen LogP contribution in [0.3, 0.4) is 0 Å². The lowest BCUT2D eigenvalue weighted by atomic mass is 9.89. The summed E-state index contributed by atoms with van der Waals surface area (Å²) in [5, 5.41) is 3.46. The third-order valence-electron chi connectivity index (χ3n) is 3.86. The lowest BCUT2D eigenvalue weighted by Crippen LogP contribution is -2.24. The molecule has 18 heavy (non-hydrogen) atoms. The Morgan fingerprint density at radius 1 is 1.39 bits per heavy atom. The van der Waals surface area contributed by atoms with E-state index in [9.17, 15) is 0 Å². The maximum absolute atomic E-state index is 5.43. The molecule has 0 radical (unpaired) electrons. The van der Waals surface area contributed by atoms with Gasteiger partial charge < -0.3 is 10.1 Å². The highest BCUT2D eigenvalue weighted by molar-refractivity contribution is 9.10. The van der Waals surface area contributed by atoms with Crippen LogP contribution < -0.4 is 5.32 Å². The molecule has 0 aliphatic carbocycles. The summed E-state index contributed by atoms with van der Waals surface area (Å²) in [7, 11) is 2.05. The summed E-state index contributed by atoms with van der Waals surface area (Å²) >= 11 is 3.72. The highest BCUT2D eigenvalue weighted by atomic mass is 79.9. The van der Waals surface area contributed by atoms with Crippen LogP contribution in [0.1, 0.15) is 36.4 Å². The Morgan fingerprint density at radius 2 is 2.11 bits per heavy atom. The zero-order valence-electron chi connectivity index (χ0n) is 11.2. The molecule has 1 aliphatic rings. The quantitative estimate of drug-likeness (QED) is 0.912. The maximum atomic E-state index is 5.43. The van der Waals surface area contributed by atoms with Gasteiger partial charge in [0.2, 0.25) is 0 Å². The number of hydrogen-bond acceptors (Lipinski definition) is 2. The Morgan fingerprint density at radius 3 is 2.78 bits per heavy atom. The molecule has 1 atom stereocenters. The van der Waals surface area contributed by atoms with Crippen LogP contribution >= 0.6 is 15.9 Å². The van der Waals surface area contributed by atoms with E-state index in [0.717, 1.165) is 19.1 Å². The molecule has 1 heterocycles. The molecule has 1 aliphatic heterocycles. The summed E-state index contributed by atoms with van der Waals surface area (Å²) in [5.74, 6) is 0.781. The first-order chi connectivity index (χ1) is 8.72. The number of benzene rings is 1. The van der Waals surface area contributed by atoms with Crippen molar-refractivity contribution in [2.75, 3.05) is 20.3 Å². The van der Waals surface area contributed by atoms with Crippen molar-refractivity contribution >= 4 is 15.9 Å². The summed E-state index contributed by atoms with van der Waals surface area (Å²) in [5.41, 5.74) is 2.68. The number of aryl methyl sites for hydroxylation is 1. The minimum atomic E-state index is 0.433. The van der Waals surface area contributed by atoms with Gasteiger partial charge in [-0.25, -0.2) is 0 Å². The fourth-order valence-corrected chi connectivity index (χ4v) is 3.20. The SMILES string of the molecule is CNC(CC1CCOCC1)c1cccc(C)c1Br. The van der Waals surface area contributed by atoms with Crippen molar-refractivity contribution < 1.29 is 4.74 Å². The Hall–Kier alpha value is -0.380. The summed E-state index contributed by atoms with van der Waals surface area (Å²) in [6.07, 6.45) is 3.59. The zero-order chi connectivity index (χ0) is 13.0.